The first-order valence-corrected chi connectivity index (χ1v) is 7.54. The van der Waals surface area contributed by atoms with Crippen molar-refractivity contribution in [1.82, 2.24) is 5.32 Å². The predicted octanol–water partition coefficient (Wildman–Crippen LogP) is 4.86. The van der Waals surface area contributed by atoms with Gasteiger partial charge in [0.25, 0.3) is 0 Å². The third kappa shape index (κ3) is 4.51. The molecule has 1 aromatic rings. The highest BCUT2D eigenvalue weighted by Gasteiger charge is 2.31. The first-order valence-electron chi connectivity index (χ1n) is 6.38. The zero-order valence-electron chi connectivity index (χ0n) is 11.1. The lowest BCUT2D eigenvalue weighted by atomic mass is 9.92. The number of anilines is 1. The molecule has 2 rings (SSSR count). The molecule has 19 heavy (non-hydrogen) atoms. The summed E-state index contributed by atoms with van der Waals surface area (Å²) in [7, 11) is 0. The molecule has 1 atom stereocenters. The van der Waals surface area contributed by atoms with Crippen molar-refractivity contribution in [1.29, 1.82) is 0 Å². The highest BCUT2D eigenvalue weighted by molar-refractivity contribution is 7.80. The second kappa shape index (κ2) is 5.86. The first kappa shape index (κ1) is 14.9. The van der Waals surface area contributed by atoms with Crippen molar-refractivity contribution in [3.8, 4) is 0 Å². The van der Waals surface area contributed by atoms with Crippen LogP contribution in [0, 0.1) is 5.41 Å². The molecule has 0 aliphatic heterocycles. The van der Waals surface area contributed by atoms with E-state index in [-0.39, 0.29) is 0 Å². The van der Waals surface area contributed by atoms with Gasteiger partial charge in [0.1, 0.15) is 0 Å². The number of hydrogen-bond donors (Lipinski definition) is 2. The topological polar surface area (TPSA) is 24.1 Å². The largest absolute Gasteiger partial charge is 0.360 e. The van der Waals surface area contributed by atoms with Gasteiger partial charge in [-0.2, -0.15) is 0 Å². The highest BCUT2D eigenvalue weighted by atomic mass is 35.5. The Morgan fingerprint density at radius 1 is 1.26 bits per heavy atom. The fourth-order valence-electron chi connectivity index (χ4n) is 2.54. The van der Waals surface area contributed by atoms with Crippen LogP contribution in [0.15, 0.2) is 18.2 Å². The Bertz CT molecular complexity index is 468. The van der Waals surface area contributed by atoms with Crippen molar-refractivity contribution in [3.05, 3.63) is 28.2 Å². The molecule has 2 N–H and O–H groups in total. The maximum Gasteiger partial charge on any atom is 0.170 e. The van der Waals surface area contributed by atoms with Gasteiger partial charge in [-0.3, -0.25) is 0 Å². The lowest BCUT2D eigenvalue weighted by molar-refractivity contribution is 0.372. The summed E-state index contributed by atoms with van der Waals surface area (Å²) in [6.07, 6.45) is 3.53. The summed E-state index contributed by atoms with van der Waals surface area (Å²) >= 11 is 17.2. The highest BCUT2D eigenvalue weighted by Crippen LogP contribution is 2.36. The van der Waals surface area contributed by atoms with E-state index in [4.69, 9.17) is 35.4 Å². The molecule has 0 bridgehead atoms. The normalized spacial score (nSPS) is 21.2. The van der Waals surface area contributed by atoms with E-state index in [9.17, 15) is 0 Å². The standard InChI is InChI=1S/C14H18Cl2N2S/c1-14(2)4-3-11(8-14)17-13(19)18-12-6-9(15)5-10(16)7-12/h5-7,11H,3-4,8H2,1-2H3,(H2,17,18,19). The Labute approximate surface area is 129 Å². The van der Waals surface area contributed by atoms with E-state index >= 15 is 0 Å². The van der Waals surface area contributed by atoms with Gasteiger partial charge >= 0.3 is 0 Å². The van der Waals surface area contributed by atoms with Crippen LogP contribution in [0.4, 0.5) is 5.69 Å². The number of thiocarbonyl (C=S) groups is 1. The van der Waals surface area contributed by atoms with Gasteiger partial charge in [-0.05, 0) is 55.1 Å². The number of nitrogens with one attached hydrogen (secondary N) is 2. The Morgan fingerprint density at radius 3 is 2.42 bits per heavy atom. The van der Waals surface area contributed by atoms with Gasteiger partial charge < -0.3 is 10.6 Å². The van der Waals surface area contributed by atoms with Crippen molar-refractivity contribution in [2.24, 2.45) is 5.41 Å². The van der Waals surface area contributed by atoms with E-state index < -0.39 is 0 Å². The minimum absolute atomic E-state index is 0.409. The third-order valence-corrected chi connectivity index (χ3v) is 4.08. The molecule has 1 aliphatic rings. The van der Waals surface area contributed by atoms with Gasteiger partial charge in [-0.1, -0.05) is 37.0 Å². The summed E-state index contributed by atoms with van der Waals surface area (Å²) in [5.74, 6) is 0. The molecule has 1 unspecified atom stereocenters. The predicted molar refractivity (Wildman–Crippen MR) is 87.2 cm³/mol. The molecule has 0 amide bonds. The molecule has 5 heteroatoms. The number of halogens is 2. The van der Waals surface area contributed by atoms with Crippen LogP contribution in [-0.2, 0) is 0 Å². The van der Waals surface area contributed by atoms with Crippen molar-refractivity contribution in [2.75, 3.05) is 5.32 Å². The van der Waals surface area contributed by atoms with E-state index in [0.29, 0.717) is 26.6 Å². The lowest BCUT2D eigenvalue weighted by Crippen LogP contribution is -2.36. The van der Waals surface area contributed by atoms with E-state index in [1.807, 2.05) is 0 Å². The van der Waals surface area contributed by atoms with Gasteiger partial charge in [-0.25, -0.2) is 0 Å². The fourth-order valence-corrected chi connectivity index (χ4v) is 3.35. The van der Waals surface area contributed by atoms with Crippen molar-refractivity contribution < 1.29 is 0 Å². The zero-order chi connectivity index (χ0) is 14.0. The molecule has 0 aromatic heterocycles. The summed E-state index contributed by atoms with van der Waals surface area (Å²) in [5.41, 5.74) is 1.22. The number of rotatable bonds is 2. The molecule has 0 spiro atoms. The molecule has 1 fully saturated rings. The zero-order valence-corrected chi connectivity index (χ0v) is 13.4. The maximum atomic E-state index is 5.95. The second-order valence-corrected chi connectivity index (χ2v) is 7.14. The van der Waals surface area contributed by atoms with Crippen LogP contribution in [0.3, 0.4) is 0 Å². The average Bonchev–Trinajstić information content (AvgIpc) is 2.55. The van der Waals surface area contributed by atoms with Gasteiger partial charge in [0, 0.05) is 21.8 Å². The Balaban J connectivity index is 1.91. The van der Waals surface area contributed by atoms with Crippen LogP contribution >= 0.6 is 35.4 Å². The second-order valence-electron chi connectivity index (χ2n) is 5.86. The quantitative estimate of drug-likeness (QED) is 0.762. The smallest absolute Gasteiger partial charge is 0.170 e. The molecule has 104 valence electrons. The number of benzene rings is 1. The molecule has 0 saturated heterocycles. The van der Waals surface area contributed by atoms with Gasteiger partial charge in [0.15, 0.2) is 5.11 Å². The average molecular weight is 317 g/mol. The molecule has 1 saturated carbocycles. The first-order chi connectivity index (χ1) is 8.84. The summed E-state index contributed by atoms with van der Waals surface area (Å²) in [4.78, 5) is 0. The Morgan fingerprint density at radius 2 is 1.89 bits per heavy atom. The molecular formula is C14H18Cl2N2S. The van der Waals surface area contributed by atoms with Crippen molar-refractivity contribution in [3.63, 3.8) is 0 Å². The maximum absolute atomic E-state index is 5.95. The van der Waals surface area contributed by atoms with Gasteiger partial charge in [0.2, 0.25) is 0 Å². The Kier molecular flexibility index (Phi) is 4.59. The van der Waals surface area contributed by atoms with Crippen LogP contribution in [0.2, 0.25) is 10.0 Å². The lowest BCUT2D eigenvalue weighted by Gasteiger charge is -2.19. The van der Waals surface area contributed by atoms with Crippen LogP contribution < -0.4 is 10.6 Å². The number of hydrogen-bond acceptors (Lipinski definition) is 1. The third-order valence-electron chi connectivity index (χ3n) is 3.42. The van der Waals surface area contributed by atoms with Crippen LogP contribution in [-0.4, -0.2) is 11.2 Å². The summed E-state index contributed by atoms with van der Waals surface area (Å²) in [5, 5.41) is 8.31. The van der Waals surface area contributed by atoms with Crippen molar-refractivity contribution >= 4 is 46.2 Å². The molecule has 1 aromatic carbocycles. The van der Waals surface area contributed by atoms with E-state index in [0.717, 1.165) is 18.5 Å². The molecule has 1 aliphatic carbocycles. The minimum Gasteiger partial charge on any atom is -0.360 e. The van der Waals surface area contributed by atoms with Crippen LogP contribution in [0.5, 0.6) is 0 Å². The Hall–Kier alpha value is -0.510. The monoisotopic (exact) mass is 316 g/mol. The summed E-state index contributed by atoms with van der Waals surface area (Å²) in [6.45, 7) is 4.59. The molecular weight excluding hydrogens is 299 g/mol. The molecule has 2 nitrogen and oxygen atoms in total. The van der Waals surface area contributed by atoms with Crippen molar-refractivity contribution in [2.45, 2.75) is 39.2 Å². The van der Waals surface area contributed by atoms with E-state index in [1.165, 1.54) is 6.42 Å². The SMILES string of the molecule is CC1(C)CCC(NC(=S)Nc2cc(Cl)cc(Cl)c2)C1. The molecule has 0 radical (unpaired) electrons. The fraction of sp³-hybridized carbons (Fsp3) is 0.500. The van der Waals surface area contributed by atoms with E-state index in [2.05, 4.69) is 24.5 Å². The van der Waals surface area contributed by atoms with Crippen LogP contribution in [0.25, 0.3) is 0 Å². The van der Waals surface area contributed by atoms with Gasteiger partial charge in [-0.15, -0.1) is 0 Å². The molecule has 0 heterocycles. The van der Waals surface area contributed by atoms with Crippen LogP contribution in [0.1, 0.15) is 33.1 Å². The van der Waals surface area contributed by atoms with E-state index in [1.54, 1.807) is 18.2 Å². The minimum atomic E-state index is 0.409. The summed E-state index contributed by atoms with van der Waals surface area (Å²) in [6, 6.07) is 5.76. The van der Waals surface area contributed by atoms with Gasteiger partial charge in [0.05, 0.1) is 0 Å². The summed E-state index contributed by atoms with van der Waals surface area (Å²) < 4.78 is 0.